The molecule has 0 aliphatic heterocycles. The maximum absolute atomic E-state index is 14.4. The summed E-state index contributed by atoms with van der Waals surface area (Å²) in [6, 6.07) is 18.9. The maximum atomic E-state index is 14.4. The third-order valence-corrected chi connectivity index (χ3v) is 11.8. The lowest BCUT2D eigenvalue weighted by Gasteiger charge is -2.66. The number of aryl methyl sites for hydroxylation is 1. The van der Waals surface area contributed by atoms with Gasteiger partial charge in [-0.15, -0.1) is 0 Å². The quantitative estimate of drug-likeness (QED) is 0.264. The van der Waals surface area contributed by atoms with Crippen molar-refractivity contribution in [3.63, 3.8) is 0 Å². The molecule has 1 heterocycles. The molecule has 2 aromatic carbocycles. The van der Waals surface area contributed by atoms with E-state index in [4.69, 9.17) is 9.84 Å². The van der Waals surface area contributed by atoms with Gasteiger partial charge in [0.2, 0.25) is 5.91 Å². The second-order valence-corrected chi connectivity index (χ2v) is 14.7. The number of anilines is 1. The number of carbonyl (C=O) groups excluding carboxylic acids is 1. The summed E-state index contributed by atoms with van der Waals surface area (Å²) in [6.45, 7) is 0.750. The second-order valence-electron chi connectivity index (χ2n) is 14.7. The number of hydrogen-bond donors (Lipinski definition) is 0. The van der Waals surface area contributed by atoms with E-state index in [1.807, 2.05) is 12.1 Å². The van der Waals surface area contributed by atoms with E-state index in [1.54, 1.807) is 7.11 Å². The van der Waals surface area contributed by atoms with Crippen molar-refractivity contribution in [2.24, 2.45) is 17.9 Å². The molecule has 10 rings (SSSR count). The number of amides is 1. The highest BCUT2D eigenvalue weighted by atomic mass is 19.1. The highest BCUT2D eigenvalue weighted by Gasteiger charge is 2.69. The molecule has 0 N–H and O–H groups in total. The number of alkyl halides is 1. The van der Waals surface area contributed by atoms with Crippen molar-refractivity contribution in [1.82, 2.24) is 9.78 Å². The van der Waals surface area contributed by atoms with Crippen molar-refractivity contribution in [1.29, 1.82) is 0 Å². The number of carbonyl (C=O) groups is 1. The van der Waals surface area contributed by atoms with Gasteiger partial charge in [0.1, 0.15) is 11.4 Å². The Kier molecular flexibility index (Phi) is 5.78. The van der Waals surface area contributed by atoms with E-state index < -0.39 is 5.67 Å². The van der Waals surface area contributed by atoms with Crippen molar-refractivity contribution in [2.45, 2.75) is 94.1 Å². The lowest BCUT2D eigenvalue weighted by Crippen LogP contribution is -2.65. The summed E-state index contributed by atoms with van der Waals surface area (Å²) in [5.74, 6) is 1.70. The fourth-order valence-corrected chi connectivity index (χ4v) is 9.15. The van der Waals surface area contributed by atoms with Gasteiger partial charge in [0, 0.05) is 42.7 Å². The van der Waals surface area contributed by atoms with Gasteiger partial charge in [-0.2, -0.15) is 5.10 Å². The number of halogens is 1. The molecule has 0 saturated heterocycles. The first kappa shape index (κ1) is 26.5. The van der Waals surface area contributed by atoms with E-state index in [-0.39, 0.29) is 22.2 Å². The fourth-order valence-electron chi connectivity index (χ4n) is 9.15. The number of fused-ring (bicyclic) bond motifs is 3. The predicted molar refractivity (Wildman–Crippen MR) is 163 cm³/mol. The van der Waals surface area contributed by atoms with Crippen LogP contribution in [0.4, 0.5) is 10.1 Å². The fraction of sp³-hybridized carbons (Fsp3) is 0.556. The minimum atomic E-state index is -0.987. The Balaban J connectivity index is 1.05. The molecular weight excluding hydrogens is 525 g/mol. The molecule has 220 valence electrons. The number of methoxy groups -OCH3 is 1. The molecule has 0 unspecified atom stereocenters. The number of nitrogens with zero attached hydrogens (tertiary/aromatic N) is 3. The first-order chi connectivity index (χ1) is 20.2. The first-order valence-corrected chi connectivity index (χ1v) is 16.0. The second kappa shape index (κ2) is 9.17. The van der Waals surface area contributed by atoms with Crippen LogP contribution in [0.1, 0.15) is 94.4 Å². The Bertz CT molecular complexity index is 1490. The molecule has 0 radical (unpaired) electrons. The number of ether oxygens (including phenoxy) is 1. The van der Waals surface area contributed by atoms with E-state index in [1.165, 1.54) is 24.2 Å². The molecule has 1 aromatic heterocycles. The first-order valence-electron chi connectivity index (χ1n) is 16.0. The smallest absolute Gasteiger partial charge is 0.227 e. The monoisotopic (exact) mass is 567 g/mol. The zero-order valence-electron chi connectivity index (χ0n) is 25.0. The standard InChI is InChI=1S/C36H42FN3O2/c1-39-30(26-6-7-26)19-31(38-39)35-15-12-33(13-16-35,14-17-35)24-40(32(41)20-34-21-36(37,22-34)23-34)28-5-3-4-27(18-28)25-8-10-29(42-2)11-9-25/h3-5,8-11,18-19,26H,6-7,12-17,20-24H2,1-2H3. The lowest BCUT2D eigenvalue weighted by molar-refractivity contribution is -0.215. The van der Waals surface area contributed by atoms with Gasteiger partial charge in [0.15, 0.2) is 0 Å². The largest absolute Gasteiger partial charge is 0.497 e. The molecular formula is C36H42FN3O2. The summed E-state index contributed by atoms with van der Waals surface area (Å²) < 4.78 is 21.9. The van der Waals surface area contributed by atoms with Gasteiger partial charge in [-0.3, -0.25) is 9.48 Å². The van der Waals surface area contributed by atoms with Gasteiger partial charge in [0.25, 0.3) is 0 Å². The topological polar surface area (TPSA) is 47.4 Å². The lowest BCUT2D eigenvalue weighted by atomic mass is 9.41. The minimum Gasteiger partial charge on any atom is -0.497 e. The van der Waals surface area contributed by atoms with Crippen molar-refractivity contribution < 1.29 is 13.9 Å². The molecule has 0 atom stereocenters. The van der Waals surface area contributed by atoms with Crippen LogP contribution in [-0.4, -0.2) is 35.0 Å². The van der Waals surface area contributed by atoms with Crippen LogP contribution in [0.5, 0.6) is 5.75 Å². The van der Waals surface area contributed by atoms with Crippen LogP contribution < -0.4 is 9.64 Å². The average molecular weight is 568 g/mol. The third kappa shape index (κ3) is 4.31. The summed E-state index contributed by atoms with van der Waals surface area (Å²) in [5.41, 5.74) is 5.10. The van der Waals surface area contributed by atoms with Gasteiger partial charge < -0.3 is 9.64 Å². The predicted octanol–water partition coefficient (Wildman–Crippen LogP) is 7.88. The van der Waals surface area contributed by atoms with Gasteiger partial charge in [-0.1, -0.05) is 24.3 Å². The van der Waals surface area contributed by atoms with Crippen LogP contribution >= 0.6 is 0 Å². The zero-order chi connectivity index (χ0) is 28.7. The Labute approximate surface area is 248 Å². The van der Waals surface area contributed by atoms with Gasteiger partial charge in [-0.05, 0) is 123 Å². The normalized spacial score (nSPS) is 32.6. The molecule has 5 nitrogen and oxygen atoms in total. The Hall–Kier alpha value is -3.15. The molecule has 3 aromatic rings. The minimum absolute atomic E-state index is 0.109. The molecule has 7 aliphatic carbocycles. The number of benzene rings is 2. The molecule has 7 aliphatic rings. The van der Waals surface area contributed by atoms with Crippen LogP contribution in [0.15, 0.2) is 54.6 Å². The van der Waals surface area contributed by atoms with E-state index in [0.717, 1.165) is 67.6 Å². The van der Waals surface area contributed by atoms with Crippen LogP contribution in [-0.2, 0) is 17.3 Å². The molecule has 1 amide bonds. The molecule has 0 spiro atoms. The Morgan fingerprint density at radius 1 is 0.952 bits per heavy atom. The van der Waals surface area contributed by atoms with Crippen molar-refractivity contribution in [2.75, 3.05) is 18.6 Å². The molecule has 4 bridgehead atoms. The molecule has 42 heavy (non-hydrogen) atoms. The van der Waals surface area contributed by atoms with Gasteiger partial charge >= 0.3 is 0 Å². The van der Waals surface area contributed by atoms with Gasteiger partial charge in [0.05, 0.1) is 12.8 Å². The zero-order valence-corrected chi connectivity index (χ0v) is 25.0. The summed E-state index contributed by atoms with van der Waals surface area (Å²) in [4.78, 5) is 16.2. The van der Waals surface area contributed by atoms with E-state index in [9.17, 15) is 9.18 Å². The van der Waals surface area contributed by atoms with E-state index >= 15 is 0 Å². The molecule has 6 heteroatoms. The SMILES string of the molecule is COc1ccc(-c2cccc(N(CC34CCC(c5cc(C6CC6)n(C)n5)(CC3)CC4)C(=O)CC34CC(F)(C3)C4)c2)cc1. The summed E-state index contributed by atoms with van der Waals surface area (Å²) >= 11 is 0. The third-order valence-electron chi connectivity index (χ3n) is 11.8. The Morgan fingerprint density at radius 2 is 1.64 bits per heavy atom. The average Bonchev–Trinajstić information content (AvgIpc) is 3.76. The molecule has 7 saturated carbocycles. The van der Waals surface area contributed by atoms with E-state index in [2.05, 4.69) is 59.1 Å². The molecule has 7 fully saturated rings. The maximum Gasteiger partial charge on any atom is 0.227 e. The van der Waals surface area contributed by atoms with E-state index in [0.29, 0.717) is 31.6 Å². The summed E-state index contributed by atoms with van der Waals surface area (Å²) in [6.07, 6.45) is 11.6. The van der Waals surface area contributed by atoms with Crippen LogP contribution in [0, 0.1) is 10.8 Å². The van der Waals surface area contributed by atoms with Gasteiger partial charge in [-0.25, -0.2) is 4.39 Å². The highest BCUT2D eigenvalue weighted by molar-refractivity contribution is 5.95. The summed E-state index contributed by atoms with van der Waals surface area (Å²) in [5, 5.41) is 5.05. The van der Waals surface area contributed by atoms with Crippen LogP contribution in [0.25, 0.3) is 11.1 Å². The number of aromatic nitrogens is 2. The highest BCUT2D eigenvalue weighted by Crippen LogP contribution is 2.71. The van der Waals surface area contributed by atoms with Crippen molar-refractivity contribution in [3.05, 3.63) is 66.0 Å². The van der Waals surface area contributed by atoms with Crippen molar-refractivity contribution in [3.8, 4) is 16.9 Å². The number of hydrogen-bond acceptors (Lipinski definition) is 3. The number of rotatable bonds is 9. The van der Waals surface area contributed by atoms with Crippen molar-refractivity contribution >= 4 is 11.6 Å². The van der Waals surface area contributed by atoms with Crippen LogP contribution in [0.2, 0.25) is 0 Å². The summed E-state index contributed by atoms with van der Waals surface area (Å²) in [7, 11) is 3.79. The van der Waals surface area contributed by atoms with Crippen LogP contribution in [0.3, 0.4) is 0 Å². The Morgan fingerprint density at radius 3 is 2.26 bits per heavy atom.